The van der Waals surface area contributed by atoms with Crippen LogP contribution >= 0.6 is 0 Å². The fourth-order valence-corrected chi connectivity index (χ4v) is 1.47. The molecule has 0 unspecified atom stereocenters. The van der Waals surface area contributed by atoms with Crippen LogP contribution in [-0.2, 0) is 0 Å². The van der Waals surface area contributed by atoms with Gasteiger partial charge in [-0.3, -0.25) is 0 Å². The molecule has 0 amide bonds. The van der Waals surface area contributed by atoms with Gasteiger partial charge in [-0.2, -0.15) is 0 Å². The van der Waals surface area contributed by atoms with E-state index in [9.17, 15) is 0 Å². The minimum Gasteiger partial charge on any atom is -0.330 e. The molecule has 0 aliphatic carbocycles. The lowest BCUT2D eigenvalue weighted by molar-refractivity contribution is 0.615. The molecule has 0 heterocycles. The van der Waals surface area contributed by atoms with Crippen LogP contribution in [0.5, 0.6) is 0 Å². The molecule has 0 rings (SSSR count). The molecule has 0 fully saturated rings. The van der Waals surface area contributed by atoms with Gasteiger partial charge in [0.05, 0.1) is 0 Å². The first-order chi connectivity index (χ1) is 6.41. The van der Waals surface area contributed by atoms with Crippen molar-refractivity contribution in [3.63, 3.8) is 0 Å². The molecule has 0 saturated carbocycles. The lowest BCUT2D eigenvalue weighted by Crippen LogP contribution is -1.97. The average Bonchev–Trinajstić information content (AvgIpc) is 2.16. The topological polar surface area (TPSA) is 26.0 Å². The maximum absolute atomic E-state index is 5.41. The molecule has 13 heavy (non-hydrogen) atoms. The number of rotatable bonds is 10. The van der Waals surface area contributed by atoms with Crippen LogP contribution in [0.4, 0.5) is 0 Å². The first kappa shape index (κ1) is 13.0. The van der Waals surface area contributed by atoms with E-state index in [-0.39, 0.29) is 0 Å². The fraction of sp³-hybridized carbons (Fsp3) is 0.917. The Morgan fingerprint density at radius 2 is 1.46 bits per heavy atom. The highest BCUT2D eigenvalue weighted by atomic mass is 14.5. The highest BCUT2D eigenvalue weighted by Crippen LogP contribution is 2.09. The molecule has 1 radical (unpaired) electrons. The van der Waals surface area contributed by atoms with E-state index in [0.29, 0.717) is 0 Å². The van der Waals surface area contributed by atoms with Gasteiger partial charge >= 0.3 is 0 Å². The van der Waals surface area contributed by atoms with Crippen LogP contribution in [0, 0.1) is 6.42 Å². The largest absolute Gasteiger partial charge is 0.330 e. The lowest BCUT2D eigenvalue weighted by atomic mass is 10.1. The summed E-state index contributed by atoms with van der Waals surface area (Å²) in [5, 5.41) is 0. The number of unbranched alkanes of at least 4 members (excludes halogenated alkanes) is 9. The zero-order valence-corrected chi connectivity index (χ0v) is 9.23. The average molecular weight is 184 g/mol. The third-order valence-corrected chi connectivity index (χ3v) is 2.37. The summed E-state index contributed by atoms with van der Waals surface area (Å²) in [5.41, 5.74) is 5.41. The van der Waals surface area contributed by atoms with E-state index < -0.39 is 0 Å². The molecule has 0 aromatic heterocycles. The maximum atomic E-state index is 5.41. The summed E-state index contributed by atoms with van der Waals surface area (Å²) in [6.07, 6.45) is 14.5. The van der Waals surface area contributed by atoms with Crippen molar-refractivity contribution in [2.75, 3.05) is 6.54 Å². The summed E-state index contributed by atoms with van der Waals surface area (Å²) >= 11 is 0. The van der Waals surface area contributed by atoms with E-state index in [1.165, 1.54) is 57.8 Å². The van der Waals surface area contributed by atoms with E-state index in [1.807, 2.05) is 0 Å². The summed E-state index contributed by atoms with van der Waals surface area (Å²) in [7, 11) is 0. The van der Waals surface area contributed by atoms with Gasteiger partial charge in [-0.1, -0.05) is 58.3 Å². The molecule has 0 aromatic carbocycles. The van der Waals surface area contributed by atoms with Crippen LogP contribution in [-0.4, -0.2) is 6.54 Å². The number of nitrogens with two attached hydrogens (primary N) is 1. The third-order valence-electron chi connectivity index (χ3n) is 2.37. The van der Waals surface area contributed by atoms with Crippen LogP contribution in [0.15, 0.2) is 0 Å². The quantitative estimate of drug-likeness (QED) is 0.515. The van der Waals surface area contributed by atoms with Crippen LogP contribution in [0.3, 0.4) is 0 Å². The molecule has 2 N–H and O–H groups in total. The Hall–Kier alpha value is -0.0400. The SMILES string of the molecule is CCCCCCC[CH]CCCCN. The summed E-state index contributed by atoms with van der Waals surface area (Å²) in [4.78, 5) is 0. The van der Waals surface area contributed by atoms with E-state index in [0.717, 1.165) is 6.54 Å². The monoisotopic (exact) mass is 184 g/mol. The van der Waals surface area contributed by atoms with Crippen molar-refractivity contribution in [3.05, 3.63) is 6.42 Å². The van der Waals surface area contributed by atoms with Crippen LogP contribution in [0.1, 0.15) is 64.7 Å². The third kappa shape index (κ3) is 12.0. The van der Waals surface area contributed by atoms with Crippen molar-refractivity contribution in [2.45, 2.75) is 64.7 Å². The molecule has 0 aliphatic rings. The molecule has 1 nitrogen and oxygen atoms in total. The highest BCUT2D eigenvalue weighted by Gasteiger charge is 1.91. The van der Waals surface area contributed by atoms with Crippen molar-refractivity contribution in [1.29, 1.82) is 0 Å². The Kier molecular flexibility index (Phi) is 11.9. The predicted octanol–water partition coefficient (Wildman–Crippen LogP) is 3.68. The minimum atomic E-state index is 0.852. The Bertz CT molecular complexity index is 71.2. The van der Waals surface area contributed by atoms with E-state index in [4.69, 9.17) is 5.73 Å². The van der Waals surface area contributed by atoms with E-state index in [1.54, 1.807) is 0 Å². The summed E-state index contributed by atoms with van der Waals surface area (Å²) in [5.74, 6) is 0. The Morgan fingerprint density at radius 3 is 2.08 bits per heavy atom. The van der Waals surface area contributed by atoms with E-state index in [2.05, 4.69) is 13.3 Å². The molecular weight excluding hydrogens is 158 g/mol. The lowest BCUT2D eigenvalue weighted by Gasteiger charge is -2.00. The van der Waals surface area contributed by atoms with Crippen LogP contribution in [0.25, 0.3) is 0 Å². The first-order valence-electron chi connectivity index (χ1n) is 5.93. The molecule has 79 valence electrons. The highest BCUT2D eigenvalue weighted by molar-refractivity contribution is 4.64. The molecule has 0 aliphatic heterocycles. The van der Waals surface area contributed by atoms with Gasteiger partial charge in [0.25, 0.3) is 0 Å². The Labute approximate surface area is 84.1 Å². The second kappa shape index (κ2) is 12.0. The van der Waals surface area contributed by atoms with Crippen LogP contribution < -0.4 is 5.73 Å². The van der Waals surface area contributed by atoms with Gasteiger partial charge in [-0.15, -0.1) is 0 Å². The van der Waals surface area contributed by atoms with Gasteiger partial charge in [0.15, 0.2) is 0 Å². The Balaban J connectivity index is 2.76. The second-order valence-electron chi connectivity index (χ2n) is 3.78. The van der Waals surface area contributed by atoms with Gasteiger partial charge in [-0.05, 0) is 19.4 Å². The molecular formula is C12H26N. The van der Waals surface area contributed by atoms with Gasteiger partial charge in [0.2, 0.25) is 0 Å². The maximum Gasteiger partial charge on any atom is -0.00773 e. The number of hydrogen-bond donors (Lipinski definition) is 1. The summed E-state index contributed by atoms with van der Waals surface area (Å²) < 4.78 is 0. The van der Waals surface area contributed by atoms with Crippen molar-refractivity contribution >= 4 is 0 Å². The van der Waals surface area contributed by atoms with Crippen molar-refractivity contribution < 1.29 is 0 Å². The standard InChI is InChI=1S/C12H26N/c1-2-3-4-5-6-7-8-9-10-11-12-13/h8H,2-7,9-13H2,1H3. The fourth-order valence-electron chi connectivity index (χ4n) is 1.47. The summed E-state index contributed by atoms with van der Waals surface area (Å²) in [6.45, 7) is 3.11. The van der Waals surface area contributed by atoms with Crippen LogP contribution in [0.2, 0.25) is 0 Å². The van der Waals surface area contributed by atoms with Gasteiger partial charge in [0.1, 0.15) is 0 Å². The van der Waals surface area contributed by atoms with Gasteiger partial charge < -0.3 is 5.73 Å². The van der Waals surface area contributed by atoms with E-state index >= 15 is 0 Å². The minimum absolute atomic E-state index is 0.852. The van der Waals surface area contributed by atoms with Crippen molar-refractivity contribution in [1.82, 2.24) is 0 Å². The molecule has 0 saturated heterocycles. The molecule has 1 heteroatoms. The number of hydrogen-bond acceptors (Lipinski definition) is 1. The molecule has 0 bridgehead atoms. The summed E-state index contributed by atoms with van der Waals surface area (Å²) in [6, 6.07) is 0. The predicted molar refractivity (Wildman–Crippen MR) is 60.6 cm³/mol. The van der Waals surface area contributed by atoms with Gasteiger partial charge in [0, 0.05) is 0 Å². The smallest absolute Gasteiger partial charge is 0.00773 e. The molecule has 0 spiro atoms. The van der Waals surface area contributed by atoms with Crippen molar-refractivity contribution in [3.8, 4) is 0 Å². The van der Waals surface area contributed by atoms with Gasteiger partial charge in [-0.25, -0.2) is 0 Å². The van der Waals surface area contributed by atoms with Crippen molar-refractivity contribution in [2.24, 2.45) is 5.73 Å². The molecule has 0 atom stereocenters. The zero-order valence-electron chi connectivity index (χ0n) is 9.23. The Morgan fingerprint density at radius 1 is 0.846 bits per heavy atom. The zero-order chi connectivity index (χ0) is 9.78. The normalized spacial score (nSPS) is 10.6. The molecule has 0 aromatic rings. The second-order valence-corrected chi connectivity index (χ2v) is 3.78. The first-order valence-corrected chi connectivity index (χ1v) is 5.93.